The highest BCUT2D eigenvalue weighted by atomic mass is 32.2. The van der Waals surface area contributed by atoms with Gasteiger partial charge in [0.05, 0.1) is 22.7 Å². The molecule has 2 aromatic carbocycles. The van der Waals surface area contributed by atoms with Gasteiger partial charge in [-0.25, -0.2) is 8.42 Å². The Morgan fingerprint density at radius 1 is 1.06 bits per heavy atom. The number of carbonyl (C=O) groups is 2. The van der Waals surface area contributed by atoms with Crippen LogP contribution in [0.25, 0.3) is 0 Å². The minimum absolute atomic E-state index is 0.0262. The maximum Gasteiger partial charge on any atom is 0.253 e. The number of hydrogen-bond acceptors (Lipinski definition) is 6. The summed E-state index contributed by atoms with van der Waals surface area (Å²) in [5, 5.41) is 5.55. The smallest absolute Gasteiger partial charge is 0.253 e. The highest BCUT2D eigenvalue weighted by Crippen LogP contribution is 2.34. The van der Waals surface area contributed by atoms with Crippen molar-refractivity contribution in [1.82, 2.24) is 5.32 Å². The zero-order valence-corrected chi connectivity index (χ0v) is 19.8. The molecular formula is C23H29N3O6S. The Balaban J connectivity index is 1.83. The van der Waals surface area contributed by atoms with Gasteiger partial charge in [0.25, 0.3) is 5.91 Å². The van der Waals surface area contributed by atoms with E-state index in [4.69, 9.17) is 9.47 Å². The van der Waals surface area contributed by atoms with Crippen molar-refractivity contribution < 1.29 is 27.5 Å². The number of anilines is 2. The Hall–Kier alpha value is -3.27. The van der Waals surface area contributed by atoms with Crippen LogP contribution < -0.4 is 24.4 Å². The molecule has 3 rings (SSSR count). The van der Waals surface area contributed by atoms with Gasteiger partial charge in [-0.05, 0) is 44.5 Å². The molecule has 1 aliphatic heterocycles. The number of nitrogens with one attached hydrogen (secondary N) is 2. The van der Waals surface area contributed by atoms with E-state index < -0.39 is 22.5 Å². The van der Waals surface area contributed by atoms with Crippen LogP contribution >= 0.6 is 0 Å². The van der Waals surface area contributed by atoms with Crippen LogP contribution in [0.5, 0.6) is 11.5 Å². The summed E-state index contributed by atoms with van der Waals surface area (Å²) in [7, 11) is -3.78. The summed E-state index contributed by atoms with van der Waals surface area (Å²) in [6.07, 6.45) is 0.764. The van der Waals surface area contributed by atoms with Crippen LogP contribution in [0.2, 0.25) is 0 Å². The SMILES string of the molecule is CC[C@H](C)NC(=O)c1ccccc1NC(=O)CN(c1ccc2c(c1)OCCO2)S(=O)(=O)CC. The first-order valence-electron chi connectivity index (χ1n) is 10.8. The number of carbonyl (C=O) groups excluding carboxylic acids is 2. The largest absolute Gasteiger partial charge is 0.486 e. The van der Waals surface area contributed by atoms with Crippen LogP contribution in [-0.4, -0.2) is 51.8 Å². The van der Waals surface area contributed by atoms with E-state index in [0.29, 0.717) is 41.7 Å². The lowest BCUT2D eigenvalue weighted by Gasteiger charge is -2.26. The van der Waals surface area contributed by atoms with Gasteiger partial charge in [0, 0.05) is 12.1 Å². The molecule has 10 heteroatoms. The van der Waals surface area contributed by atoms with Gasteiger partial charge in [-0.1, -0.05) is 19.1 Å². The molecule has 2 N–H and O–H groups in total. The Labute approximate surface area is 194 Å². The minimum atomic E-state index is -3.78. The molecule has 1 heterocycles. The van der Waals surface area contributed by atoms with E-state index in [1.54, 1.807) is 42.5 Å². The van der Waals surface area contributed by atoms with Gasteiger partial charge >= 0.3 is 0 Å². The summed E-state index contributed by atoms with van der Waals surface area (Å²) in [4.78, 5) is 25.5. The van der Waals surface area contributed by atoms with Gasteiger partial charge in [-0.2, -0.15) is 0 Å². The average Bonchev–Trinajstić information content (AvgIpc) is 2.82. The number of hydrogen-bond donors (Lipinski definition) is 2. The molecule has 178 valence electrons. The van der Waals surface area contributed by atoms with Crippen LogP contribution in [0.4, 0.5) is 11.4 Å². The predicted octanol–water partition coefficient (Wildman–Crippen LogP) is 2.78. The second-order valence-corrected chi connectivity index (χ2v) is 9.79. The van der Waals surface area contributed by atoms with Crippen molar-refractivity contribution in [3.63, 3.8) is 0 Å². The van der Waals surface area contributed by atoms with Crippen LogP contribution in [0, 0.1) is 0 Å². The van der Waals surface area contributed by atoms with Gasteiger partial charge in [0.1, 0.15) is 19.8 Å². The topological polar surface area (TPSA) is 114 Å². The predicted molar refractivity (Wildman–Crippen MR) is 127 cm³/mol. The molecule has 33 heavy (non-hydrogen) atoms. The first-order valence-corrected chi connectivity index (χ1v) is 12.5. The highest BCUT2D eigenvalue weighted by molar-refractivity contribution is 7.92. The first-order chi connectivity index (χ1) is 15.7. The Kier molecular flexibility index (Phi) is 7.80. The van der Waals surface area contributed by atoms with Gasteiger partial charge in [-0.15, -0.1) is 0 Å². The molecule has 2 amide bonds. The molecule has 0 bridgehead atoms. The zero-order valence-electron chi connectivity index (χ0n) is 19.0. The minimum Gasteiger partial charge on any atom is -0.486 e. The Morgan fingerprint density at radius 2 is 1.76 bits per heavy atom. The number of benzene rings is 2. The average molecular weight is 476 g/mol. The third kappa shape index (κ3) is 5.95. The van der Waals surface area contributed by atoms with E-state index >= 15 is 0 Å². The quantitative estimate of drug-likeness (QED) is 0.577. The normalized spacial score (nSPS) is 13.7. The molecular weight excluding hydrogens is 446 g/mol. The molecule has 0 fully saturated rings. The number of para-hydroxylation sites is 1. The van der Waals surface area contributed by atoms with Crippen molar-refractivity contribution in [1.29, 1.82) is 0 Å². The summed E-state index contributed by atoms with van der Waals surface area (Å²) in [5.41, 5.74) is 0.897. The number of amides is 2. The molecule has 0 saturated heterocycles. The van der Waals surface area contributed by atoms with E-state index in [2.05, 4.69) is 10.6 Å². The number of fused-ring (bicyclic) bond motifs is 1. The fraction of sp³-hybridized carbons (Fsp3) is 0.391. The van der Waals surface area contributed by atoms with Crippen LogP contribution in [0.1, 0.15) is 37.6 Å². The third-order valence-corrected chi connectivity index (χ3v) is 6.98. The monoisotopic (exact) mass is 475 g/mol. The summed E-state index contributed by atoms with van der Waals surface area (Å²) in [6, 6.07) is 11.3. The second-order valence-electron chi connectivity index (χ2n) is 7.61. The van der Waals surface area contributed by atoms with E-state index in [9.17, 15) is 18.0 Å². The molecule has 0 aromatic heterocycles. The molecule has 1 atom stereocenters. The maximum atomic E-state index is 12.9. The molecule has 0 aliphatic carbocycles. The van der Waals surface area contributed by atoms with Gasteiger partial charge in [0.15, 0.2) is 11.5 Å². The van der Waals surface area contributed by atoms with E-state index in [1.165, 1.54) is 6.92 Å². The van der Waals surface area contributed by atoms with E-state index in [0.717, 1.165) is 10.7 Å². The number of ether oxygens (including phenoxy) is 2. The standard InChI is InChI=1S/C23H29N3O6S/c1-4-16(3)24-23(28)18-8-6-7-9-19(18)25-22(27)15-26(33(29,30)5-2)17-10-11-20-21(14-17)32-13-12-31-20/h6-11,14,16H,4-5,12-13,15H2,1-3H3,(H,24,28)(H,25,27)/t16-/m0/s1. The van der Waals surface area contributed by atoms with Gasteiger partial charge in [0.2, 0.25) is 15.9 Å². The summed E-state index contributed by atoms with van der Waals surface area (Å²) in [6.45, 7) is 5.66. The molecule has 2 aromatic rings. The van der Waals surface area contributed by atoms with Crippen molar-refractivity contribution in [2.45, 2.75) is 33.2 Å². The van der Waals surface area contributed by atoms with Crippen molar-refractivity contribution in [3.05, 3.63) is 48.0 Å². The second kappa shape index (κ2) is 10.6. The Bertz CT molecular complexity index is 1120. The lowest BCUT2D eigenvalue weighted by atomic mass is 10.1. The molecule has 9 nitrogen and oxygen atoms in total. The molecule has 0 spiro atoms. The number of rotatable bonds is 9. The van der Waals surface area contributed by atoms with Crippen molar-refractivity contribution in [3.8, 4) is 11.5 Å². The zero-order chi connectivity index (χ0) is 24.0. The van der Waals surface area contributed by atoms with E-state index in [-0.39, 0.29) is 17.7 Å². The van der Waals surface area contributed by atoms with Crippen LogP contribution in [0.15, 0.2) is 42.5 Å². The summed E-state index contributed by atoms with van der Waals surface area (Å²) >= 11 is 0. The fourth-order valence-corrected chi connectivity index (χ4v) is 4.27. The third-order valence-electron chi connectivity index (χ3n) is 5.24. The van der Waals surface area contributed by atoms with E-state index in [1.807, 2.05) is 13.8 Å². The maximum absolute atomic E-state index is 12.9. The molecule has 0 saturated carbocycles. The van der Waals surface area contributed by atoms with Crippen molar-refractivity contribution in [2.24, 2.45) is 0 Å². The lowest BCUT2D eigenvalue weighted by Crippen LogP contribution is -2.39. The van der Waals surface area contributed by atoms with Gasteiger partial charge < -0.3 is 20.1 Å². The highest BCUT2D eigenvalue weighted by Gasteiger charge is 2.26. The fourth-order valence-electron chi connectivity index (χ4n) is 3.21. The molecule has 1 aliphatic rings. The summed E-state index contributed by atoms with van der Waals surface area (Å²) < 4.78 is 37.7. The van der Waals surface area contributed by atoms with Gasteiger partial charge in [-0.3, -0.25) is 13.9 Å². The molecule has 0 radical (unpaired) electrons. The van der Waals surface area contributed by atoms with Crippen molar-refractivity contribution in [2.75, 3.05) is 35.1 Å². The lowest BCUT2D eigenvalue weighted by molar-refractivity contribution is -0.114. The number of sulfonamides is 1. The Morgan fingerprint density at radius 3 is 2.45 bits per heavy atom. The molecule has 0 unspecified atom stereocenters. The van der Waals surface area contributed by atoms with Crippen LogP contribution in [-0.2, 0) is 14.8 Å². The van der Waals surface area contributed by atoms with Crippen molar-refractivity contribution >= 4 is 33.2 Å². The van der Waals surface area contributed by atoms with Crippen LogP contribution in [0.3, 0.4) is 0 Å². The summed E-state index contributed by atoms with van der Waals surface area (Å²) in [5.74, 6) is -0.147. The number of nitrogens with zero attached hydrogens (tertiary/aromatic N) is 1. The first kappa shape index (κ1) is 24.4.